The first-order valence-corrected chi connectivity index (χ1v) is 8.85. The van der Waals surface area contributed by atoms with Gasteiger partial charge in [-0.2, -0.15) is 0 Å². The number of hydrogen-bond donors (Lipinski definition) is 1. The SMILES string of the molecule is CCCCc1ccc(NC(C)CS(=O)(=O)CC)cc1. The van der Waals surface area contributed by atoms with Crippen molar-refractivity contribution in [2.45, 2.75) is 46.1 Å². The molecule has 0 fully saturated rings. The zero-order chi connectivity index (χ0) is 14.3. The summed E-state index contributed by atoms with van der Waals surface area (Å²) in [5.41, 5.74) is 2.32. The van der Waals surface area contributed by atoms with E-state index in [2.05, 4.69) is 24.4 Å². The van der Waals surface area contributed by atoms with E-state index in [0.717, 1.165) is 12.1 Å². The average Bonchev–Trinajstić information content (AvgIpc) is 2.37. The van der Waals surface area contributed by atoms with Gasteiger partial charge >= 0.3 is 0 Å². The Morgan fingerprint density at radius 3 is 2.32 bits per heavy atom. The Labute approximate surface area is 117 Å². The van der Waals surface area contributed by atoms with Crippen molar-refractivity contribution in [2.75, 3.05) is 16.8 Å². The summed E-state index contributed by atoms with van der Waals surface area (Å²) in [7, 11) is -2.92. The summed E-state index contributed by atoms with van der Waals surface area (Å²) in [5.74, 6) is 0.385. The first-order valence-electron chi connectivity index (χ1n) is 7.02. The van der Waals surface area contributed by atoms with Crippen LogP contribution in [0.25, 0.3) is 0 Å². The molecule has 0 heterocycles. The summed E-state index contributed by atoms with van der Waals surface area (Å²) in [6, 6.07) is 8.21. The van der Waals surface area contributed by atoms with Crippen molar-refractivity contribution < 1.29 is 8.42 Å². The Balaban J connectivity index is 2.53. The van der Waals surface area contributed by atoms with Gasteiger partial charge in [0.15, 0.2) is 9.84 Å². The minimum Gasteiger partial charge on any atom is -0.382 e. The Hall–Kier alpha value is -1.03. The molecule has 0 saturated carbocycles. The molecule has 1 N–H and O–H groups in total. The van der Waals surface area contributed by atoms with Crippen molar-refractivity contribution in [2.24, 2.45) is 0 Å². The zero-order valence-corrected chi connectivity index (χ0v) is 13.0. The summed E-state index contributed by atoms with van der Waals surface area (Å²) >= 11 is 0. The van der Waals surface area contributed by atoms with E-state index in [1.54, 1.807) is 6.92 Å². The van der Waals surface area contributed by atoms with Crippen molar-refractivity contribution in [1.82, 2.24) is 0 Å². The molecule has 1 rings (SSSR count). The summed E-state index contributed by atoms with van der Waals surface area (Å²) in [6.07, 6.45) is 3.51. The van der Waals surface area contributed by atoms with Crippen molar-refractivity contribution in [3.8, 4) is 0 Å². The standard InChI is InChI=1S/C15H25NO2S/c1-4-6-7-14-8-10-15(11-9-14)16-13(3)12-19(17,18)5-2/h8-11,13,16H,4-7,12H2,1-3H3. The Kier molecular flexibility index (Phi) is 6.35. The second-order valence-corrected chi connectivity index (χ2v) is 7.44. The van der Waals surface area contributed by atoms with Gasteiger partial charge in [-0.25, -0.2) is 8.42 Å². The predicted octanol–water partition coefficient (Wildman–Crippen LogP) is 3.26. The lowest BCUT2D eigenvalue weighted by Gasteiger charge is -2.15. The van der Waals surface area contributed by atoms with E-state index in [1.807, 2.05) is 19.1 Å². The normalized spacial score (nSPS) is 13.2. The van der Waals surface area contributed by atoms with Crippen LogP contribution in [0.4, 0.5) is 5.69 Å². The highest BCUT2D eigenvalue weighted by molar-refractivity contribution is 7.91. The van der Waals surface area contributed by atoms with Gasteiger partial charge in [0.1, 0.15) is 0 Å². The minimum atomic E-state index is -2.92. The highest BCUT2D eigenvalue weighted by Crippen LogP contribution is 2.13. The lowest BCUT2D eigenvalue weighted by Crippen LogP contribution is -2.26. The fourth-order valence-electron chi connectivity index (χ4n) is 1.97. The van der Waals surface area contributed by atoms with Gasteiger partial charge in [-0.05, 0) is 37.5 Å². The molecule has 0 amide bonds. The van der Waals surface area contributed by atoms with E-state index in [-0.39, 0.29) is 17.5 Å². The number of aryl methyl sites for hydroxylation is 1. The monoisotopic (exact) mass is 283 g/mol. The number of anilines is 1. The Bertz CT molecular complexity index is 465. The second kappa shape index (κ2) is 7.53. The fourth-order valence-corrected chi connectivity index (χ4v) is 3.05. The van der Waals surface area contributed by atoms with Gasteiger partial charge in [0.25, 0.3) is 0 Å². The molecule has 0 aliphatic carbocycles. The maximum atomic E-state index is 11.5. The van der Waals surface area contributed by atoms with Crippen LogP contribution >= 0.6 is 0 Å². The third-order valence-corrected chi connectivity index (χ3v) is 5.02. The topological polar surface area (TPSA) is 46.2 Å². The quantitative estimate of drug-likeness (QED) is 0.796. The van der Waals surface area contributed by atoms with Crippen molar-refractivity contribution in [3.05, 3.63) is 29.8 Å². The number of unbranched alkanes of at least 4 members (excludes halogenated alkanes) is 1. The molecule has 0 bridgehead atoms. The molecule has 0 radical (unpaired) electrons. The van der Waals surface area contributed by atoms with E-state index >= 15 is 0 Å². The molecule has 1 aromatic rings. The smallest absolute Gasteiger partial charge is 0.152 e. The molecule has 4 heteroatoms. The van der Waals surface area contributed by atoms with E-state index in [4.69, 9.17) is 0 Å². The highest BCUT2D eigenvalue weighted by atomic mass is 32.2. The highest BCUT2D eigenvalue weighted by Gasteiger charge is 2.13. The minimum absolute atomic E-state index is 0.0635. The molecule has 1 unspecified atom stereocenters. The van der Waals surface area contributed by atoms with Gasteiger partial charge in [-0.15, -0.1) is 0 Å². The van der Waals surface area contributed by atoms with Crippen LogP contribution in [-0.4, -0.2) is 26.0 Å². The maximum Gasteiger partial charge on any atom is 0.152 e. The molecule has 3 nitrogen and oxygen atoms in total. The molecule has 0 aliphatic rings. The first-order chi connectivity index (χ1) is 8.96. The first kappa shape index (κ1) is 16.0. The molecule has 0 spiro atoms. The van der Waals surface area contributed by atoms with E-state index in [0.29, 0.717) is 0 Å². The van der Waals surface area contributed by atoms with Crippen LogP contribution in [0.2, 0.25) is 0 Å². The van der Waals surface area contributed by atoms with Crippen LogP contribution in [0.5, 0.6) is 0 Å². The molecule has 1 atom stereocenters. The van der Waals surface area contributed by atoms with Gasteiger partial charge in [-0.3, -0.25) is 0 Å². The third-order valence-electron chi connectivity index (χ3n) is 3.13. The van der Waals surface area contributed by atoms with Crippen LogP contribution in [0.1, 0.15) is 39.2 Å². The van der Waals surface area contributed by atoms with Crippen LogP contribution in [0.3, 0.4) is 0 Å². The van der Waals surface area contributed by atoms with Gasteiger partial charge in [0.05, 0.1) is 5.75 Å². The molecule has 0 saturated heterocycles. The van der Waals surface area contributed by atoms with E-state index < -0.39 is 9.84 Å². The summed E-state index contributed by atoms with van der Waals surface area (Å²) in [5, 5.41) is 3.24. The van der Waals surface area contributed by atoms with Crippen molar-refractivity contribution in [1.29, 1.82) is 0 Å². The van der Waals surface area contributed by atoms with Gasteiger partial charge in [-0.1, -0.05) is 32.4 Å². The molecule has 19 heavy (non-hydrogen) atoms. The van der Waals surface area contributed by atoms with Gasteiger partial charge in [0, 0.05) is 17.5 Å². The lowest BCUT2D eigenvalue weighted by atomic mass is 10.1. The van der Waals surface area contributed by atoms with Crippen molar-refractivity contribution in [3.63, 3.8) is 0 Å². The van der Waals surface area contributed by atoms with Crippen LogP contribution in [-0.2, 0) is 16.3 Å². The number of nitrogens with one attached hydrogen (secondary N) is 1. The average molecular weight is 283 g/mol. The molecule has 1 aromatic carbocycles. The predicted molar refractivity (Wildman–Crippen MR) is 82.5 cm³/mol. The third kappa shape index (κ3) is 6.10. The molecule has 0 aromatic heterocycles. The summed E-state index contributed by atoms with van der Waals surface area (Å²) in [4.78, 5) is 0. The van der Waals surface area contributed by atoms with E-state index in [9.17, 15) is 8.42 Å². The summed E-state index contributed by atoms with van der Waals surface area (Å²) < 4.78 is 23.1. The van der Waals surface area contributed by atoms with Gasteiger partial charge in [0.2, 0.25) is 0 Å². The lowest BCUT2D eigenvalue weighted by molar-refractivity contribution is 0.593. The van der Waals surface area contributed by atoms with Crippen LogP contribution in [0, 0.1) is 0 Å². The zero-order valence-electron chi connectivity index (χ0n) is 12.1. The Morgan fingerprint density at radius 2 is 1.79 bits per heavy atom. The summed E-state index contributed by atoms with van der Waals surface area (Å²) in [6.45, 7) is 5.77. The number of sulfone groups is 1. The fraction of sp³-hybridized carbons (Fsp3) is 0.600. The number of hydrogen-bond acceptors (Lipinski definition) is 3. The van der Waals surface area contributed by atoms with Gasteiger partial charge < -0.3 is 5.32 Å². The Morgan fingerprint density at radius 1 is 1.16 bits per heavy atom. The largest absolute Gasteiger partial charge is 0.382 e. The maximum absolute atomic E-state index is 11.5. The number of benzene rings is 1. The second-order valence-electron chi connectivity index (χ2n) is 5.04. The van der Waals surface area contributed by atoms with Crippen molar-refractivity contribution >= 4 is 15.5 Å². The number of rotatable bonds is 8. The van der Waals surface area contributed by atoms with Crippen LogP contribution in [0.15, 0.2) is 24.3 Å². The molecule has 108 valence electrons. The van der Waals surface area contributed by atoms with Crippen LogP contribution < -0.4 is 5.32 Å². The molecule has 0 aliphatic heterocycles. The molecular formula is C15H25NO2S. The van der Waals surface area contributed by atoms with E-state index in [1.165, 1.54) is 18.4 Å². The molecular weight excluding hydrogens is 258 g/mol.